The number of hydrogen-bond donors (Lipinski definition) is 0. The summed E-state index contributed by atoms with van der Waals surface area (Å²) in [7, 11) is 0. The summed E-state index contributed by atoms with van der Waals surface area (Å²) in [6.45, 7) is 0. The molecule has 2 nitrogen and oxygen atoms in total. The maximum atomic E-state index is 13.4. The summed E-state index contributed by atoms with van der Waals surface area (Å²) in [4.78, 5) is 16.7. The number of aromatic nitrogens is 1. The van der Waals surface area contributed by atoms with E-state index in [0.717, 1.165) is 10.9 Å². The number of carbonyl (C=O) groups excluding carboxylic acids is 1. The zero-order valence-corrected chi connectivity index (χ0v) is 11.8. The van der Waals surface area contributed by atoms with Gasteiger partial charge in [0, 0.05) is 23.6 Å². The zero-order valence-electron chi connectivity index (χ0n) is 11.0. The highest BCUT2D eigenvalue weighted by molar-refractivity contribution is 6.31. The van der Waals surface area contributed by atoms with E-state index in [1.54, 1.807) is 24.4 Å². The lowest BCUT2D eigenvalue weighted by atomic mass is 10.00. The van der Waals surface area contributed by atoms with Crippen LogP contribution in [0.15, 0.2) is 54.7 Å². The maximum Gasteiger partial charge on any atom is 0.168 e. The first-order chi connectivity index (χ1) is 10.2. The summed E-state index contributed by atoms with van der Waals surface area (Å²) in [5.74, 6) is -0.623. The van der Waals surface area contributed by atoms with Gasteiger partial charge in [0.25, 0.3) is 0 Å². The van der Waals surface area contributed by atoms with Crippen LogP contribution in [0.1, 0.15) is 15.9 Å². The molecule has 0 saturated heterocycles. The number of halogens is 2. The third-order valence-corrected chi connectivity index (χ3v) is 3.76. The molecule has 104 valence electrons. The van der Waals surface area contributed by atoms with Gasteiger partial charge in [-0.15, -0.1) is 0 Å². The molecule has 1 heterocycles. The Balaban J connectivity index is 2.00. The molecule has 0 aliphatic carbocycles. The summed E-state index contributed by atoms with van der Waals surface area (Å²) in [5, 5.41) is 0.793. The van der Waals surface area contributed by atoms with E-state index in [-0.39, 0.29) is 17.2 Å². The Bertz CT molecular complexity index is 827. The molecule has 0 aliphatic rings. The van der Waals surface area contributed by atoms with Crippen LogP contribution in [0.5, 0.6) is 0 Å². The lowest BCUT2D eigenvalue weighted by molar-refractivity contribution is 0.0994. The zero-order chi connectivity index (χ0) is 14.8. The van der Waals surface area contributed by atoms with Gasteiger partial charge in [0.1, 0.15) is 5.82 Å². The largest absolute Gasteiger partial charge is 0.294 e. The fourth-order valence-electron chi connectivity index (χ4n) is 2.29. The number of ketones is 1. The lowest BCUT2D eigenvalue weighted by Crippen LogP contribution is -2.05. The minimum Gasteiger partial charge on any atom is -0.294 e. The van der Waals surface area contributed by atoms with Crippen molar-refractivity contribution >= 4 is 28.3 Å². The molecule has 1 aromatic heterocycles. The van der Waals surface area contributed by atoms with Gasteiger partial charge in [-0.3, -0.25) is 9.78 Å². The minimum atomic E-state index is -0.512. The summed E-state index contributed by atoms with van der Waals surface area (Å²) in [6, 6.07) is 13.6. The molecule has 0 fully saturated rings. The second kappa shape index (κ2) is 5.62. The van der Waals surface area contributed by atoms with Crippen LogP contribution in [0.4, 0.5) is 4.39 Å². The predicted octanol–water partition coefficient (Wildman–Crippen LogP) is 4.45. The summed E-state index contributed by atoms with van der Waals surface area (Å²) in [5.41, 5.74) is 1.82. The van der Waals surface area contributed by atoms with Crippen LogP contribution in [0, 0.1) is 5.82 Å². The number of benzene rings is 2. The van der Waals surface area contributed by atoms with Crippen molar-refractivity contribution in [2.24, 2.45) is 0 Å². The van der Waals surface area contributed by atoms with Crippen LogP contribution in [-0.2, 0) is 6.42 Å². The van der Waals surface area contributed by atoms with E-state index in [1.807, 2.05) is 24.3 Å². The Morgan fingerprint density at radius 2 is 1.90 bits per heavy atom. The monoisotopic (exact) mass is 299 g/mol. The summed E-state index contributed by atoms with van der Waals surface area (Å²) in [6.07, 6.45) is 1.66. The SMILES string of the molecule is O=C(Cc1cccc(F)c1Cl)c1ccnc2ccccc12. The molecule has 0 aliphatic heterocycles. The highest BCUT2D eigenvalue weighted by Gasteiger charge is 2.14. The van der Waals surface area contributed by atoms with Crippen molar-refractivity contribution in [1.82, 2.24) is 4.98 Å². The highest BCUT2D eigenvalue weighted by atomic mass is 35.5. The smallest absolute Gasteiger partial charge is 0.168 e. The van der Waals surface area contributed by atoms with Crippen molar-refractivity contribution in [3.63, 3.8) is 0 Å². The lowest BCUT2D eigenvalue weighted by Gasteiger charge is -2.07. The van der Waals surface area contributed by atoms with E-state index in [9.17, 15) is 9.18 Å². The Kier molecular flexibility index (Phi) is 3.67. The maximum absolute atomic E-state index is 13.4. The third-order valence-electron chi connectivity index (χ3n) is 3.33. The molecule has 0 radical (unpaired) electrons. The number of Topliss-reactive ketones (excluding diaryl/α,β-unsaturated/α-hetero) is 1. The Morgan fingerprint density at radius 3 is 2.76 bits per heavy atom. The van der Waals surface area contributed by atoms with Gasteiger partial charge in [-0.2, -0.15) is 0 Å². The Labute approximate surface area is 126 Å². The first-order valence-electron chi connectivity index (χ1n) is 6.46. The molecule has 0 saturated carbocycles. The normalized spacial score (nSPS) is 10.8. The molecule has 0 bridgehead atoms. The Hall–Kier alpha value is -2.26. The molecule has 21 heavy (non-hydrogen) atoms. The van der Waals surface area contributed by atoms with Gasteiger partial charge in [-0.05, 0) is 23.8 Å². The number of fused-ring (bicyclic) bond motifs is 1. The molecule has 3 aromatic rings. The number of nitrogens with zero attached hydrogens (tertiary/aromatic N) is 1. The van der Waals surface area contributed by atoms with E-state index >= 15 is 0 Å². The summed E-state index contributed by atoms with van der Waals surface area (Å²) < 4.78 is 13.4. The number of hydrogen-bond acceptors (Lipinski definition) is 2. The molecule has 0 atom stereocenters. The van der Waals surface area contributed by atoms with E-state index < -0.39 is 5.82 Å². The van der Waals surface area contributed by atoms with Crippen molar-refractivity contribution in [3.05, 3.63) is 76.7 Å². The van der Waals surface area contributed by atoms with Crippen molar-refractivity contribution in [1.29, 1.82) is 0 Å². The van der Waals surface area contributed by atoms with Crippen LogP contribution in [-0.4, -0.2) is 10.8 Å². The van der Waals surface area contributed by atoms with Gasteiger partial charge in [-0.1, -0.05) is 41.9 Å². The highest BCUT2D eigenvalue weighted by Crippen LogP contribution is 2.23. The fourth-order valence-corrected chi connectivity index (χ4v) is 2.48. The second-order valence-electron chi connectivity index (χ2n) is 4.69. The Morgan fingerprint density at radius 1 is 1.10 bits per heavy atom. The van der Waals surface area contributed by atoms with Crippen LogP contribution < -0.4 is 0 Å². The number of rotatable bonds is 3. The van der Waals surface area contributed by atoms with Gasteiger partial charge in [0.15, 0.2) is 5.78 Å². The molecule has 3 rings (SSSR count). The van der Waals surface area contributed by atoms with E-state index in [1.165, 1.54) is 6.07 Å². The number of carbonyl (C=O) groups is 1. The quantitative estimate of drug-likeness (QED) is 0.669. The predicted molar refractivity (Wildman–Crippen MR) is 81.2 cm³/mol. The van der Waals surface area contributed by atoms with Gasteiger partial charge in [0.05, 0.1) is 10.5 Å². The minimum absolute atomic E-state index is 0.00390. The second-order valence-corrected chi connectivity index (χ2v) is 5.07. The molecule has 2 aromatic carbocycles. The van der Waals surface area contributed by atoms with Crippen LogP contribution in [0.3, 0.4) is 0 Å². The van der Waals surface area contributed by atoms with E-state index in [4.69, 9.17) is 11.6 Å². The van der Waals surface area contributed by atoms with Gasteiger partial charge in [0.2, 0.25) is 0 Å². The van der Waals surface area contributed by atoms with E-state index in [2.05, 4.69) is 4.98 Å². The van der Waals surface area contributed by atoms with Crippen molar-refractivity contribution in [3.8, 4) is 0 Å². The average molecular weight is 300 g/mol. The summed E-state index contributed by atoms with van der Waals surface area (Å²) >= 11 is 5.90. The topological polar surface area (TPSA) is 30.0 Å². The first-order valence-corrected chi connectivity index (χ1v) is 6.84. The fraction of sp³-hybridized carbons (Fsp3) is 0.0588. The third kappa shape index (κ3) is 2.65. The van der Waals surface area contributed by atoms with Crippen LogP contribution in [0.2, 0.25) is 5.02 Å². The van der Waals surface area contributed by atoms with Crippen LogP contribution in [0.25, 0.3) is 10.9 Å². The van der Waals surface area contributed by atoms with Gasteiger partial charge in [-0.25, -0.2) is 4.39 Å². The van der Waals surface area contributed by atoms with Crippen LogP contribution >= 0.6 is 11.6 Å². The molecule has 0 amide bonds. The van der Waals surface area contributed by atoms with Crippen molar-refractivity contribution in [2.45, 2.75) is 6.42 Å². The van der Waals surface area contributed by atoms with Gasteiger partial charge < -0.3 is 0 Å². The standard InChI is InChI=1S/C17H11ClFNO/c18-17-11(4-3-6-14(17)19)10-16(21)13-8-9-20-15-7-2-1-5-12(13)15/h1-9H,10H2. The van der Waals surface area contributed by atoms with Gasteiger partial charge >= 0.3 is 0 Å². The first kappa shape index (κ1) is 13.7. The molecular weight excluding hydrogens is 289 g/mol. The number of para-hydroxylation sites is 1. The van der Waals surface area contributed by atoms with Crippen molar-refractivity contribution < 1.29 is 9.18 Å². The molecule has 4 heteroatoms. The van der Waals surface area contributed by atoms with Crippen molar-refractivity contribution in [2.75, 3.05) is 0 Å². The molecule has 0 unspecified atom stereocenters. The molecule has 0 spiro atoms. The van der Waals surface area contributed by atoms with E-state index in [0.29, 0.717) is 11.1 Å². The average Bonchev–Trinajstić information content (AvgIpc) is 2.51. The number of pyridine rings is 1. The molecular formula is C17H11ClFNO. The molecule has 0 N–H and O–H groups in total.